The number of hydrogen-bond acceptors (Lipinski definition) is 4. The lowest BCUT2D eigenvalue weighted by atomic mass is 10.1. The molecule has 0 aliphatic carbocycles. The predicted octanol–water partition coefficient (Wildman–Crippen LogP) is 1.80. The van der Waals surface area contributed by atoms with Gasteiger partial charge in [-0.2, -0.15) is 0 Å². The van der Waals surface area contributed by atoms with Gasteiger partial charge in [0.25, 0.3) is 0 Å². The van der Waals surface area contributed by atoms with Gasteiger partial charge in [0.2, 0.25) is 0 Å². The first-order valence-electron chi connectivity index (χ1n) is 3.76. The molecule has 2 aromatic rings. The lowest BCUT2D eigenvalue weighted by Gasteiger charge is -2.01. The van der Waals surface area contributed by atoms with Crippen LogP contribution >= 0.6 is 11.3 Å². The third kappa shape index (κ3) is 1.15. The van der Waals surface area contributed by atoms with E-state index in [-0.39, 0.29) is 18.1 Å². The summed E-state index contributed by atoms with van der Waals surface area (Å²) >= 11 is 1.26. The Bertz CT molecular complexity index is 447. The third-order valence-electron chi connectivity index (χ3n) is 1.95. The van der Waals surface area contributed by atoms with E-state index < -0.39 is 0 Å². The number of aliphatic hydroxyl groups excluding tert-OH is 1. The Kier molecular flexibility index (Phi) is 1.86. The maximum atomic E-state index is 9.60. The van der Waals surface area contributed by atoms with E-state index in [1.54, 1.807) is 17.5 Å². The molecule has 3 nitrogen and oxygen atoms in total. The maximum absolute atomic E-state index is 9.60. The molecule has 0 saturated heterocycles. The van der Waals surface area contributed by atoms with E-state index in [2.05, 4.69) is 0 Å². The normalized spacial score (nSPS) is 10.8. The molecule has 3 N–H and O–H groups in total. The molecule has 1 heterocycles. The number of fused-ring (bicyclic) bond motifs is 1. The summed E-state index contributed by atoms with van der Waals surface area (Å²) in [5, 5.41) is 30.0. The van der Waals surface area contributed by atoms with Crippen molar-refractivity contribution in [3.63, 3.8) is 0 Å². The monoisotopic (exact) mass is 196 g/mol. The van der Waals surface area contributed by atoms with Gasteiger partial charge in [-0.25, -0.2) is 0 Å². The summed E-state index contributed by atoms with van der Waals surface area (Å²) in [6, 6.07) is 3.29. The van der Waals surface area contributed by atoms with Crippen molar-refractivity contribution in [2.75, 3.05) is 0 Å². The minimum Gasteiger partial charge on any atom is -0.506 e. The fourth-order valence-electron chi connectivity index (χ4n) is 1.24. The van der Waals surface area contributed by atoms with Crippen LogP contribution in [0.3, 0.4) is 0 Å². The number of aliphatic hydroxyl groups is 1. The first-order chi connectivity index (χ1) is 6.24. The lowest BCUT2D eigenvalue weighted by Crippen LogP contribution is -1.82. The Hall–Kier alpha value is -1.26. The molecule has 0 aliphatic heterocycles. The molecule has 0 atom stereocenters. The molecule has 0 fully saturated rings. The summed E-state index contributed by atoms with van der Waals surface area (Å²) in [7, 11) is 0. The van der Waals surface area contributed by atoms with Gasteiger partial charge in [-0.15, -0.1) is 11.3 Å². The third-order valence-corrected chi connectivity index (χ3v) is 2.94. The van der Waals surface area contributed by atoms with Gasteiger partial charge in [0.15, 0.2) is 0 Å². The highest BCUT2D eigenvalue weighted by atomic mass is 32.1. The van der Waals surface area contributed by atoms with Gasteiger partial charge < -0.3 is 15.3 Å². The molecule has 0 spiro atoms. The van der Waals surface area contributed by atoms with Crippen molar-refractivity contribution in [2.24, 2.45) is 0 Å². The van der Waals surface area contributed by atoms with Crippen LogP contribution in [0.5, 0.6) is 11.5 Å². The van der Waals surface area contributed by atoms with Gasteiger partial charge >= 0.3 is 0 Å². The predicted molar refractivity (Wildman–Crippen MR) is 51.1 cm³/mol. The zero-order valence-electron chi connectivity index (χ0n) is 6.69. The molecule has 0 aliphatic rings. The molecule has 13 heavy (non-hydrogen) atoms. The Morgan fingerprint density at radius 1 is 1.23 bits per heavy atom. The standard InChI is InChI=1S/C9H8O3S/c10-3-5-1-2-6-7(11)4-13-9(6)8(5)12/h1-2,4,10-12H,3H2. The molecule has 1 aromatic carbocycles. The van der Waals surface area contributed by atoms with Crippen LogP contribution < -0.4 is 0 Å². The zero-order chi connectivity index (χ0) is 9.42. The molecule has 0 unspecified atom stereocenters. The molecular weight excluding hydrogens is 188 g/mol. The highest BCUT2D eigenvalue weighted by Gasteiger charge is 2.09. The highest BCUT2D eigenvalue weighted by molar-refractivity contribution is 7.18. The fourth-order valence-corrected chi connectivity index (χ4v) is 2.14. The van der Waals surface area contributed by atoms with E-state index >= 15 is 0 Å². The van der Waals surface area contributed by atoms with Crippen molar-refractivity contribution in [1.29, 1.82) is 0 Å². The van der Waals surface area contributed by atoms with Gasteiger partial charge in [0, 0.05) is 16.3 Å². The number of aromatic hydroxyl groups is 2. The molecular formula is C9H8O3S. The first-order valence-corrected chi connectivity index (χ1v) is 4.64. The molecule has 1 aromatic heterocycles. The highest BCUT2D eigenvalue weighted by Crippen LogP contribution is 2.38. The van der Waals surface area contributed by atoms with Crippen LogP contribution in [-0.4, -0.2) is 15.3 Å². The maximum Gasteiger partial charge on any atom is 0.139 e. The van der Waals surface area contributed by atoms with E-state index in [1.807, 2.05) is 0 Å². The second kappa shape index (κ2) is 2.90. The second-order valence-corrected chi connectivity index (χ2v) is 3.61. The van der Waals surface area contributed by atoms with Crippen LogP contribution in [0.15, 0.2) is 17.5 Å². The molecule has 0 amide bonds. The number of rotatable bonds is 1. The van der Waals surface area contributed by atoms with Crippen molar-refractivity contribution in [2.45, 2.75) is 6.61 Å². The minimum absolute atomic E-state index is 0.0605. The summed E-state index contributed by atoms with van der Waals surface area (Å²) < 4.78 is 0.615. The Labute approximate surface area is 78.5 Å². The quantitative estimate of drug-likeness (QED) is 0.651. The summed E-state index contributed by atoms with van der Waals surface area (Å²) in [6.07, 6.45) is 0. The smallest absolute Gasteiger partial charge is 0.139 e. The van der Waals surface area contributed by atoms with Gasteiger partial charge in [0.1, 0.15) is 11.5 Å². The topological polar surface area (TPSA) is 60.7 Å². The van der Waals surface area contributed by atoms with Crippen molar-refractivity contribution in [3.8, 4) is 11.5 Å². The molecule has 2 rings (SSSR count). The Morgan fingerprint density at radius 3 is 2.69 bits per heavy atom. The number of thiophene rings is 1. The number of phenols is 1. The number of hydrogen-bond donors (Lipinski definition) is 3. The second-order valence-electron chi connectivity index (χ2n) is 2.73. The molecule has 0 bridgehead atoms. The van der Waals surface area contributed by atoms with Crippen LogP contribution in [0, 0.1) is 0 Å². The summed E-state index contributed by atoms with van der Waals surface area (Å²) in [6.45, 7) is -0.194. The summed E-state index contributed by atoms with van der Waals surface area (Å²) in [4.78, 5) is 0. The minimum atomic E-state index is -0.194. The molecule has 0 saturated carbocycles. The fraction of sp³-hybridized carbons (Fsp3) is 0.111. The van der Waals surface area contributed by atoms with Crippen LogP contribution in [0.4, 0.5) is 0 Å². The lowest BCUT2D eigenvalue weighted by molar-refractivity contribution is 0.276. The Morgan fingerprint density at radius 2 is 2.00 bits per heavy atom. The van der Waals surface area contributed by atoms with E-state index in [9.17, 15) is 10.2 Å². The summed E-state index contributed by atoms with van der Waals surface area (Å²) in [5.74, 6) is 0.227. The zero-order valence-corrected chi connectivity index (χ0v) is 7.51. The van der Waals surface area contributed by atoms with E-state index in [0.29, 0.717) is 15.6 Å². The van der Waals surface area contributed by atoms with Gasteiger partial charge in [-0.05, 0) is 6.07 Å². The van der Waals surface area contributed by atoms with E-state index in [1.165, 1.54) is 11.3 Å². The Balaban J connectivity index is 2.80. The van der Waals surface area contributed by atoms with Crippen LogP contribution in [0.1, 0.15) is 5.56 Å². The van der Waals surface area contributed by atoms with Crippen molar-refractivity contribution >= 4 is 21.4 Å². The summed E-state index contributed by atoms with van der Waals surface area (Å²) in [5.41, 5.74) is 0.481. The van der Waals surface area contributed by atoms with Crippen molar-refractivity contribution in [3.05, 3.63) is 23.1 Å². The van der Waals surface area contributed by atoms with Crippen LogP contribution in [0.25, 0.3) is 10.1 Å². The molecule has 4 heteroatoms. The van der Waals surface area contributed by atoms with Gasteiger partial charge in [-0.3, -0.25) is 0 Å². The van der Waals surface area contributed by atoms with Crippen molar-refractivity contribution < 1.29 is 15.3 Å². The van der Waals surface area contributed by atoms with Crippen LogP contribution in [-0.2, 0) is 6.61 Å². The van der Waals surface area contributed by atoms with E-state index in [0.717, 1.165) is 0 Å². The van der Waals surface area contributed by atoms with Crippen LogP contribution in [0.2, 0.25) is 0 Å². The van der Waals surface area contributed by atoms with E-state index in [4.69, 9.17) is 5.11 Å². The largest absolute Gasteiger partial charge is 0.506 e. The van der Waals surface area contributed by atoms with Gasteiger partial charge in [-0.1, -0.05) is 6.07 Å². The SMILES string of the molecule is OCc1ccc2c(O)csc2c1O. The average molecular weight is 196 g/mol. The molecule has 68 valence electrons. The van der Waals surface area contributed by atoms with Gasteiger partial charge in [0.05, 0.1) is 11.3 Å². The van der Waals surface area contributed by atoms with Crippen molar-refractivity contribution in [1.82, 2.24) is 0 Å². The number of benzene rings is 1. The first kappa shape index (κ1) is 8.34. The molecule has 0 radical (unpaired) electrons. The average Bonchev–Trinajstić information content (AvgIpc) is 2.50.